The lowest BCUT2D eigenvalue weighted by Gasteiger charge is -2.28. The molecule has 0 saturated carbocycles. The van der Waals surface area contributed by atoms with Gasteiger partial charge in [-0.15, -0.1) is 0 Å². The highest BCUT2D eigenvalue weighted by molar-refractivity contribution is 8.00. The Labute approximate surface area is 102 Å². The largest absolute Gasteiger partial charge is 0.316 e. The van der Waals surface area contributed by atoms with Gasteiger partial charge in [-0.05, 0) is 36.4 Å². The van der Waals surface area contributed by atoms with Crippen LogP contribution in [0, 0.1) is 0 Å². The molecule has 0 radical (unpaired) electrons. The monoisotopic (exact) mass is 233 g/mol. The molecular formula is C14H19NS. The van der Waals surface area contributed by atoms with E-state index in [9.17, 15) is 0 Å². The van der Waals surface area contributed by atoms with E-state index in [0.717, 1.165) is 11.8 Å². The second-order valence-corrected chi connectivity index (χ2v) is 6.02. The Kier molecular flexibility index (Phi) is 3.20. The molecule has 2 aliphatic rings. The predicted octanol–water partition coefficient (Wildman–Crippen LogP) is 2.98. The van der Waals surface area contributed by atoms with Crippen molar-refractivity contribution in [3.8, 4) is 0 Å². The van der Waals surface area contributed by atoms with Crippen molar-refractivity contribution in [1.29, 1.82) is 0 Å². The quantitative estimate of drug-likeness (QED) is 0.843. The smallest absolute Gasteiger partial charge is 0.00201 e. The maximum absolute atomic E-state index is 3.51. The van der Waals surface area contributed by atoms with Gasteiger partial charge in [-0.1, -0.05) is 24.3 Å². The van der Waals surface area contributed by atoms with Crippen molar-refractivity contribution in [2.24, 2.45) is 0 Å². The number of benzene rings is 1. The van der Waals surface area contributed by atoms with E-state index in [4.69, 9.17) is 0 Å². The number of nitrogens with one attached hydrogen (secondary N) is 1. The Bertz CT molecular complexity index is 354. The van der Waals surface area contributed by atoms with Crippen molar-refractivity contribution in [3.63, 3.8) is 0 Å². The van der Waals surface area contributed by atoms with Gasteiger partial charge < -0.3 is 5.32 Å². The van der Waals surface area contributed by atoms with Gasteiger partial charge in [0, 0.05) is 24.0 Å². The third kappa shape index (κ3) is 2.14. The molecule has 1 unspecified atom stereocenters. The molecule has 2 aliphatic heterocycles. The summed E-state index contributed by atoms with van der Waals surface area (Å²) in [5.74, 6) is 4.24. The minimum atomic E-state index is 0.751. The molecule has 1 aromatic rings. The summed E-state index contributed by atoms with van der Waals surface area (Å²) in [6.07, 6.45) is 2.68. The molecule has 2 heteroatoms. The summed E-state index contributed by atoms with van der Waals surface area (Å²) in [6, 6.07) is 9.33. The fourth-order valence-corrected chi connectivity index (χ4v) is 3.49. The van der Waals surface area contributed by atoms with Gasteiger partial charge in [0.1, 0.15) is 0 Å². The minimum absolute atomic E-state index is 0.751. The van der Waals surface area contributed by atoms with Crippen LogP contribution in [0.2, 0.25) is 0 Å². The van der Waals surface area contributed by atoms with E-state index in [0.29, 0.717) is 0 Å². The fraction of sp³-hybridized carbons (Fsp3) is 0.571. The van der Waals surface area contributed by atoms with Crippen molar-refractivity contribution in [3.05, 3.63) is 35.4 Å². The first-order valence-corrected chi connectivity index (χ1v) is 7.47. The zero-order valence-corrected chi connectivity index (χ0v) is 10.4. The fourth-order valence-electron chi connectivity index (χ4n) is 2.63. The topological polar surface area (TPSA) is 12.0 Å². The molecule has 2 saturated heterocycles. The van der Waals surface area contributed by atoms with Crippen LogP contribution in [-0.2, 0) is 0 Å². The van der Waals surface area contributed by atoms with Crippen LogP contribution in [0.5, 0.6) is 0 Å². The maximum Gasteiger partial charge on any atom is 0.00201 e. The normalized spacial score (nSPS) is 26.4. The number of hydrogen-bond donors (Lipinski definition) is 1. The molecule has 2 heterocycles. The van der Waals surface area contributed by atoms with E-state index in [1.807, 2.05) is 0 Å². The van der Waals surface area contributed by atoms with Crippen molar-refractivity contribution in [2.75, 3.05) is 24.6 Å². The van der Waals surface area contributed by atoms with Gasteiger partial charge in [0.25, 0.3) is 0 Å². The van der Waals surface area contributed by atoms with Crippen molar-refractivity contribution >= 4 is 11.8 Å². The number of piperidine rings is 1. The lowest BCUT2D eigenvalue weighted by molar-refractivity contribution is 0.461. The first kappa shape index (κ1) is 10.7. The lowest BCUT2D eigenvalue weighted by Crippen LogP contribution is -2.28. The lowest BCUT2D eigenvalue weighted by atomic mass is 9.89. The van der Waals surface area contributed by atoms with Crippen molar-refractivity contribution in [1.82, 2.24) is 5.32 Å². The third-order valence-corrected chi connectivity index (χ3v) is 5.06. The molecule has 16 heavy (non-hydrogen) atoms. The van der Waals surface area contributed by atoms with E-state index in [2.05, 4.69) is 41.3 Å². The maximum atomic E-state index is 3.51. The van der Waals surface area contributed by atoms with E-state index < -0.39 is 0 Å². The highest BCUT2D eigenvalue weighted by atomic mass is 32.2. The van der Waals surface area contributed by atoms with Crippen LogP contribution >= 0.6 is 11.8 Å². The second kappa shape index (κ2) is 4.80. The van der Waals surface area contributed by atoms with E-state index in [1.165, 1.54) is 37.4 Å². The highest BCUT2D eigenvalue weighted by Crippen LogP contribution is 2.35. The Hall–Kier alpha value is -0.470. The van der Waals surface area contributed by atoms with Crippen LogP contribution in [0.3, 0.4) is 0 Å². The predicted molar refractivity (Wildman–Crippen MR) is 71.4 cm³/mol. The Morgan fingerprint density at radius 3 is 2.56 bits per heavy atom. The van der Waals surface area contributed by atoms with Crippen LogP contribution in [0.4, 0.5) is 0 Å². The second-order valence-electron chi connectivity index (χ2n) is 4.95. The summed E-state index contributed by atoms with van der Waals surface area (Å²) in [6.45, 7) is 2.37. The van der Waals surface area contributed by atoms with Crippen LogP contribution < -0.4 is 5.32 Å². The van der Waals surface area contributed by atoms with Crippen LogP contribution in [-0.4, -0.2) is 24.6 Å². The Balaban J connectivity index is 1.77. The van der Waals surface area contributed by atoms with Crippen LogP contribution in [0.15, 0.2) is 24.3 Å². The zero-order chi connectivity index (χ0) is 10.8. The Morgan fingerprint density at radius 1 is 1.12 bits per heavy atom. The first-order chi connectivity index (χ1) is 7.93. The molecule has 2 fully saturated rings. The molecule has 1 atom stereocenters. The molecule has 0 spiro atoms. The Morgan fingerprint density at radius 2 is 1.94 bits per heavy atom. The average molecular weight is 233 g/mol. The van der Waals surface area contributed by atoms with Gasteiger partial charge in [0.05, 0.1) is 0 Å². The third-order valence-electron chi connectivity index (χ3n) is 3.79. The number of hydrogen-bond acceptors (Lipinski definition) is 2. The minimum Gasteiger partial charge on any atom is -0.316 e. The molecule has 0 aromatic heterocycles. The molecule has 0 amide bonds. The van der Waals surface area contributed by atoms with Gasteiger partial charge >= 0.3 is 0 Å². The van der Waals surface area contributed by atoms with Gasteiger partial charge in [0.2, 0.25) is 0 Å². The van der Waals surface area contributed by atoms with E-state index in [1.54, 1.807) is 11.1 Å². The van der Waals surface area contributed by atoms with Crippen LogP contribution in [0.25, 0.3) is 0 Å². The van der Waals surface area contributed by atoms with E-state index in [-0.39, 0.29) is 0 Å². The van der Waals surface area contributed by atoms with Gasteiger partial charge in [-0.3, -0.25) is 0 Å². The summed E-state index contributed by atoms with van der Waals surface area (Å²) in [5.41, 5.74) is 3.13. The van der Waals surface area contributed by atoms with Crippen molar-refractivity contribution < 1.29 is 0 Å². The van der Waals surface area contributed by atoms with Crippen LogP contribution in [0.1, 0.15) is 35.8 Å². The van der Waals surface area contributed by atoms with Crippen molar-refractivity contribution in [2.45, 2.75) is 24.7 Å². The molecule has 86 valence electrons. The number of rotatable bonds is 2. The molecule has 1 aromatic carbocycles. The summed E-state index contributed by atoms with van der Waals surface area (Å²) in [5, 5.41) is 3.51. The number of thioether (sulfide) groups is 1. The molecule has 0 bridgehead atoms. The molecule has 3 rings (SSSR count). The molecule has 1 N–H and O–H groups in total. The average Bonchev–Trinajstić information content (AvgIpc) is 2.28. The zero-order valence-electron chi connectivity index (χ0n) is 9.61. The van der Waals surface area contributed by atoms with Gasteiger partial charge in [-0.25, -0.2) is 0 Å². The summed E-state index contributed by atoms with van der Waals surface area (Å²) >= 11 is 2.07. The molecular weight excluding hydrogens is 214 g/mol. The first-order valence-electron chi connectivity index (χ1n) is 6.32. The molecule has 1 nitrogen and oxygen atoms in total. The summed E-state index contributed by atoms with van der Waals surface area (Å²) < 4.78 is 0. The van der Waals surface area contributed by atoms with Gasteiger partial charge in [0.15, 0.2) is 0 Å². The highest BCUT2D eigenvalue weighted by Gasteiger charge is 2.21. The van der Waals surface area contributed by atoms with E-state index >= 15 is 0 Å². The van der Waals surface area contributed by atoms with Gasteiger partial charge in [-0.2, -0.15) is 11.8 Å². The molecule has 0 aliphatic carbocycles. The summed E-state index contributed by atoms with van der Waals surface area (Å²) in [4.78, 5) is 0. The summed E-state index contributed by atoms with van der Waals surface area (Å²) in [7, 11) is 0. The SMILES string of the molecule is c1cc(C2CCCNC2)cc(C2CSC2)c1. The standard InChI is InChI=1S/C14H19NS/c1-3-11(13-5-2-6-15-8-13)7-12(4-1)14-9-16-10-14/h1,3-4,7,13-15H,2,5-6,8-10H2.